The largest absolute Gasteiger partial charge is 0.478 e. The third kappa shape index (κ3) is 3.32. The normalized spacial score (nSPS) is 10.2. The number of benzene rings is 2. The average Bonchev–Trinajstić information content (AvgIpc) is 2.37. The fourth-order valence-corrected chi connectivity index (χ4v) is 2.21. The topological polar surface area (TPSA) is 92.4 Å². The minimum atomic E-state index is -1.08. The van der Waals surface area contributed by atoms with E-state index in [2.05, 4.69) is 5.32 Å². The number of hydrogen-bond acceptors (Lipinski definition) is 3. The zero-order valence-electron chi connectivity index (χ0n) is 11.2. The van der Waals surface area contributed by atoms with E-state index in [9.17, 15) is 9.59 Å². The molecule has 5 nitrogen and oxygen atoms in total. The first-order valence-electron chi connectivity index (χ1n) is 6.09. The quantitative estimate of drug-likeness (QED) is 0.808. The van der Waals surface area contributed by atoms with Gasteiger partial charge in [0.1, 0.15) is 0 Å². The number of anilines is 2. The molecule has 21 heavy (non-hydrogen) atoms. The minimum Gasteiger partial charge on any atom is -0.478 e. The summed E-state index contributed by atoms with van der Waals surface area (Å²) in [7, 11) is 0. The second-order valence-electron chi connectivity index (χ2n) is 4.52. The highest BCUT2D eigenvalue weighted by molar-refractivity contribution is 6.33. The SMILES string of the molecule is Cc1cc(Nc2ccc(C(=O)O)c(Cl)c2)ccc1C(N)=O. The number of halogens is 1. The van der Waals surface area contributed by atoms with Crippen LogP contribution in [0.15, 0.2) is 36.4 Å². The Morgan fingerprint density at radius 3 is 2.14 bits per heavy atom. The Hall–Kier alpha value is -2.53. The Morgan fingerprint density at radius 2 is 1.67 bits per heavy atom. The van der Waals surface area contributed by atoms with Crippen LogP contribution in [0.2, 0.25) is 5.02 Å². The summed E-state index contributed by atoms with van der Waals surface area (Å²) in [6.07, 6.45) is 0. The molecule has 0 aliphatic rings. The Kier molecular flexibility index (Phi) is 4.14. The zero-order valence-corrected chi connectivity index (χ0v) is 11.9. The van der Waals surface area contributed by atoms with E-state index in [0.717, 1.165) is 11.3 Å². The number of rotatable bonds is 4. The summed E-state index contributed by atoms with van der Waals surface area (Å²) < 4.78 is 0. The Bertz CT molecular complexity index is 667. The maximum Gasteiger partial charge on any atom is 0.337 e. The number of carboxylic acids is 1. The number of amides is 1. The second kappa shape index (κ2) is 5.85. The van der Waals surface area contributed by atoms with E-state index in [4.69, 9.17) is 22.4 Å². The molecule has 0 aliphatic heterocycles. The van der Waals surface area contributed by atoms with Gasteiger partial charge >= 0.3 is 5.97 Å². The molecule has 0 radical (unpaired) electrons. The molecule has 0 atom stereocenters. The molecular formula is C15H13ClN2O3. The molecule has 0 unspecified atom stereocenters. The first kappa shape index (κ1) is 14.9. The van der Waals surface area contributed by atoms with Crippen molar-refractivity contribution in [3.63, 3.8) is 0 Å². The number of primary amides is 1. The molecule has 0 saturated carbocycles. The number of aromatic carboxylic acids is 1. The standard InChI is InChI=1S/C15H13ClN2O3/c1-8-6-9(2-4-11(8)14(17)19)18-10-3-5-12(15(20)21)13(16)7-10/h2-7,18H,1H3,(H2,17,19)(H,20,21). The lowest BCUT2D eigenvalue weighted by molar-refractivity contribution is 0.0697. The van der Waals surface area contributed by atoms with E-state index in [1.807, 2.05) is 0 Å². The molecule has 0 saturated heterocycles. The minimum absolute atomic E-state index is 0.0440. The van der Waals surface area contributed by atoms with Crippen molar-refractivity contribution in [2.24, 2.45) is 5.73 Å². The highest BCUT2D eigenvalue weighted by Crippen LogP contribution is 2.25. The Balaban J connectivity index is 2.26. The van der Waals surface area contributed by atoms with Crippen LogP contribution >= 0.6 is 11.6 Å². The molecule has 2 rings (SSSR count). The van der Waals surface area contributed by atoms with Gasteiger partial charge in [0, 0.05) is 16.9 Å². The van der Waals surface area contributed by atoms with Gasteiger partial charge in [0.05, 0.1) is 10.6 Å². The Morgan fingerprint density at radius 1 is 1.10 bits per heavy atom. The molecular weight excluding hydrogens is 292 g/mol. The Labute approximate surface area is 126 Å². The number of aryl methyl sites for hydroxylation is 1. The van der Waals surface area contributed by atoms with Crippen LogP contribution in [0.3, 0.4) is 0 Å². The van der Waals surface area contributed by atoms with Crippen molar-refractivity contribution >= 4 is 34.9 Å². The highest BCUT2D eigenvalue weighted by Gasteiger charge is 2.09. The van der Waals surface area contributed by atoms with Crippen molar-refractivity contribution in [1.29, 1.82) is 0 Å². The van der Waals surface area contributed by atoms with E-state index in [1.54, 1.807) is 31.2 Å². The van der Waals surface area contributed by atoms with Crippen molar-refractivity contribution in [2.45, 2.75) is 6.92 Å². The van der Waals surface area contributed by atoms with Crippen LogP contribution in [0.5, 0.6) is 0 Å². The average molecular weight is 305 g/mol. The lowest BCUT2D eigenvalue weighted by atomic mass is 10.1. The molecule has 0 aliphatic carbocycles. The second-order valence-corrected chi connectivity index (χ2v) is 4.93. The van der Waals surface area contributed by atoms with Gasteiger partial charge in [0.2, 0.25) is 5.91 Å². The van der Waals surface area contributed by atoms with Crippen molar-refractivity contribution in [3.8, 4) is 0 Å². The van der Waals surface area contributed by atoms with Gasteiger partial charge in [-0.3, -0.25) is 4.79 Å². The third-order valence-corrected chi connectivity index (χ3v) is 3.29. The number of nitrogens with one attached hydrogen (secondary N) is 1. The zero-order chi connectivity index (χ0) is 15.6. The summed E-state index contributed by atoms with van der Waals surface area (Å²) in [6.45, 7) is 1.78. The number of hydrogen-bond donors (Lipinski definition) is 3. The predicted molar refractivity (Wildman–Crippen MR) is 81.4 cm³/mol. The molecule has 0 bridgehead atoms. The van der Waals surface area contributed by atoms with Crippen LogP contribution in [0.25, 0.3) is 0 Å². The fraction of sp³-hybridized carbons (Fsp3) is 0.0667. The molecule has 2 aromatic rings. The summed E-state index contributed by atoms with van der Waals surface area (Å²) in [5.74, 6) is -1.55. The number of nitrogens with two attached hydrogens (primary N) is 1. The van der Waals surface area contributed by atoms with Gasteiger partial charge in [-0.05, 0) is 48.9 Å². The summed E-state index contributed by atoms with van der Waals surface area (Å²) in [4.78, 5) is 22.1. The number of carbonyl (C=O) groups excluding carboxylic acids is 1. The van der Waals surface area contributed by atoms with E-state index in [-0.39, 0.29) is 10.6 Å². The van der Waals surface area contributed by atoms with Gasteiger partial charge < -0.3 is 16.2 Å². The molecule has 0 fully saturated rings. The van der Waals surface area contributed by atoms with Gasteiger partial charge in [0.15, 0.2) is 0 Å². The number of carboxylic acid groups (broad SMARTS) is 1. The van der Waals surface area contributed by atoms with Crippen molar-refractivity contribution < 1.29 is 14.7 Å². The predicted octanol–water partition coefficient (Wildman–Crippen LogP) is 3.19. The monoisotopic (exact) mass is 304 g/mol. The molecule has 0 spiro atoms. The van der Waals surface area contributed by atoms with E-state index >= 15 is 0 Å². The molecule has 108 valence electrons. The van der Waals surface area contributed by atoms with Gasteiger partial charge in [-0.1, -0.05) is 11.6 Å². The van der Waals surface area contributed by atoms with Crippen LogP contribution in [0.4, 0.5) is 11.4 Å². The van der Waals surface area contributed by atoms with Crippen LogP contribution in [0.1, 0.15) is 26.3 Å². The number of carbonyl (C=O) groups is 2. The van der Waals surface area contributed by atoms with Gasteiger partial charge in [-0.25, -0.2) is 4.79 Å². The van der Waals surface area contributed by atoms with E-state index in [0.29, 0.717) is 11.3 Å². The summed E-state index contributed by atoms with van der Waals surface area (Å²) >= 11 is 5.91. The maximum atomic E-state index is 11.2. The van der Waals surface area contributed by atoms with Gasteiger partial charge in [-0.2, -0.15) is 0 Å². The summed E-state index contributed by atoms with van der Waals surface area (Å²) in [6, 6.07) is 9.70. The van der Waals surface area contributed by atoms with Crippen molar-refractivity contribution in [3.05, 3.63) is 58.1 Å². The highest BCUT2D eigenvalue weighted by atomic mass is 35.5. The molecule has 6 heteroatoms. The van der Waals surface area contributed by atoms with Crippen molar-refractivity contribution in [1.82, 2.24) is 0 Å². The first-order chi connectivity index (χ1) is 9.88. The van der Waals surface area contributed by atoms with E-state index < -0.39 is 11.9 Å². The van der Waals surface area contributed by atoms with Gasteiger partial charge in [-0.15, -0.1) is 0 Å². The van der Waals surface area contributed by atoms with Crippen molar-refractivity contribution in [2.75, 3.05) is 5.32 Å². The molecule has 1 amide bonds. The smallest absolute Gasteiger partial charge is 0.337 e. The molecule has 0 heterocycles. The third-order valence-electron chi connectivity index (χ3n) is 2.98. The van der Waals surface area contributed by atoms with Crippen LogP contribution in [-0.4, -0.2) is 17.0 Å². The fourth-order valence-electron chi connectivity index (χ4n) is 1.95. The lowest BCUT2D eigenvalue weighted by Crippen LogP contribution is -2.12. The molecule has 0 aromatic heterocycles. The summed E-state index contributed by atoms with van der Waals surface area (Å²) in [5, 5.41) is 12.2. The first-order valence-corrected chi connectivity index (χ1v) is 6.46. The summed E-state index contributed by atoms with van der Waals surface area (Å²) in [5.41, 5.74) is 7.90. The van der Waals surface area contributed by atoms with Gasteiger partial charge in [0.25, 0.3) is 0 Å². The lowest BCUT2D eigenvalue weighted by Gasteiger charge is -2.10. The van der Waals surface area contributed by atoms with E-state index in [1.165, 1.54) is 12.1 Å². The molecule has 4 N–H and O–H groups in total. The van der Waals surface area contributed by atoms with Crippen LogP contribution < -0.4 is 11.1 Å². The van der Waals surface area contributed by atoms with Crippen LogP contribution in [0, 0.1) is 6.92 Å². The molecule has 2 aromatic carbocycles. The van der Waals surface area contributed by atoms with Crippen LogP contribution in [-0.2, 0) is 0 Å². The maximum absolute atomic E-state index is 11.2.